The number of nitrogens with zero attached hydrogens (tertiary/aromatic N) is 4. The maximum Gasteiger partial charge on any atom is 0.259 e. The summed E-state index contributed by atoms with van der Waals surface area (Å²) >= 11 is 0. The normalized spacial score (nSPS) is 14.4. The van der Waals surface area contributed by atoms with E-state index < -0.39 is 5.82 Å². The van der Waals surface area contributed by atoms with Crippen LogP contribution < -0.4 is 4.74 Å². The van der Waals surface area contributed by atoms with Gasteiger partial charge in [0.2, 0.25) is 0 Å². The minimum atomic E-state index is -0.399. The molecule has 6 rings (SSSR count). The average molecular weight is 484 g/mol. The summed E-state index contributed by atoms with van der Waals surface area (Å²) < 4.78 is 23.3. The van der Waals surface area contributed by atoms with Gasteiger partial charge in [0, 0.05) is 42.6 Å². The number of nitrogens with one attached hydrogen (secondary N) is 1. The monoisotopic (exact) mass is 483 g/mol. The highest BCUT2D eigenvalue weighted by atomic mass is 19.1. The van der Waals surface area contributed by atoms with Crippen molar-refractivity contribution >= 4 is 16.8 Å². The number of H-pyrrole nitrogens is 1. The highest BCUT2D eigenvalue weighted by molar-refractivity contribution is 5.97. The number of benzene rings is 2. The lowest BCUT2D eigenvalue weighted by molar-refractivity contribution is 0.0713. The number of carbonyl (C=O) groups is 1. The molecule has 0 radical (unpaired) electrons. The predicted molar refractivity (Wildman–Crippen MR) is 136 cm³/mol. The van der Waals surface area contributed by atoms with Crippen LogP contribution in [-0.2, 0) is 0 Å². The van der Waals surface area contributed by atoms with Gasteiger partial charge in [0.1, 0.15) is 22.8 Å². The maximum absolute atomic E-state index is 14.6. The summed E-state index contributed by atoms with van der Waals surface area (Å²) in [7, 11) is 1.67. The largest absolute Gasteiger partial charge is 0.497 e. The number of rotatable bonds is 5. The molecule has 3 aromatic heterocycles. The highest BCUT2D eigenvalue weighted by Gasteiger charge is 2.29. The molecule has 7 nitrogen and oxygen atoms in total. The van der Waals surface area contributed by atoms with Crippen LogP contribution in [0.25, 0.3) is 22.4 Å². The van der Waals surface area contributed by atoms with E-state index in [-0.39, 0.29) is 5.91 Å². The van der Waals surface area contributed by atoms with E-state index in [1.165, 1.54) is 21.7 Å². The number of ether oxygens (including phenoxy) is 1. The van der Waals surface area contributed by atoms with Crippen molar-refractivity contribution in [3.8, 4) is 17.3 Å². The highest BCUT2D eigenvalue weighted by Crippen LogP contribution is 2.35. The molecule has 2 aromatic carbocycles. The number of amides is 1. The standard InChI is InChI=1S/C28H26FN5O2/c1-36-20-8-9-25-21(16-20)22(17-30-25)19-10-14-33(15-11-19)28(35)23-18-31-34(26-7-3-2-6-24(26)29)27(23)32-12-4-5-13-32/h2-9,12-13,16-19,30H,10-11,14-15H2,1H3. The van der Waals surface area contributed by atoms with Gasteiger partial charge in [0.05, 0.1) is 13.3 Å². The number of methoxy groups -OCH3 is 1. The van der Waals surface area contributed by atoms with Crippen LogP contribution in [-0.4, -0.2) is 50.3 Å². The first kappa shape index (κ1) is 22.2. The summed E-state index contributed by atoms with van der Waals surface area (Å²) in [6, 6.07) is 16.2. The van der Waals surface area contributed by atoms with Gasteiger partial charge >= 0.3 is 0 Å². The number of para-hydroxylation sites is 1. The van der Waals surface area contributed by atoms with E-state index in [1.54, 1.807) is 36.1 Å². The number of carbonyl (C=O) groups excluding carboxylic acids is 1. The lowest BCUT2D eigenvalue weighted by Crippen LogP contribution is -2.38. The van der Waals surface area contributed by atoms with Gasteiger partial charge in [-0.1, -0.05) is 12.1 Å². The molecule has 0 bridgehead atoms. The van der Waals surface area contributed by atoms with Crippen molar-refractivity contribution in [3.63, 3.8) is 0 Å². The Kier molecular flexibility index (Phi) is 5.56. The molecule has 1 aliphatic rings. The van der Waals surface area contributed by atoms with Crippen molar-refractivity contribution in [1.82, 2.24) is 24.2 Å². The lowest BCUT2D eigenvalue weighted by atomic mass is 9.89. The second-order valence-corrected chi connectivity index (χ2v) is 9.06. The second-order valence-electron chi connectivity index (χ2n) is 9.06. The molecule has 0 aliphatic carbocycles. The molecule has 5 aromatic rings. The third-order valence-corrected chi connectivity index (χ3v) is 7.05. The SMILES string of the molecule is COc1ccc2[nH]cc(C3CCN(C(=O)c4cnn(-c5ccccc5F)c4-n4cccc4)CC3)c2c1. The lowest BCUT2D eigenvalue weighted by Gasteiger charge is -2.32. The van der Waals surface area contributed by atoms with Gasteiger partial charge in [-0.25, -0.2) is 9.07 Å². The summed E-state index contributed by atoms with van der Waals surface area (Å²) in [5.74, 6) is 1.21. The Morgan fingerprint density at radius 3 is 2.61 bits per heavy atom. The molecule has 8 heteroatoms. The van der Waals surface area contributed by atoms with E-state index in [1.807, 2.05) is 41.6 Å². The average Bonchev–Trinajstić information content (AvgIpc) is 3.68. The number of halogens is 1. The fourth-order valence-corrected chi connectivity index (χ4v) is 5.17. The summed E-state index contributed by atoms with van der Waals surface area (Å²) in [6.45, 7) is 1.27. The summed E-state index contributed by atoms with van der Waals surface area (Å²) in [5, 5.41) is 5.58. The first-order valence-electron chi connectivity index (χ1n) is 12.0. The number of likely N-dealkylation sites (tertiary alicyclic amines) is 1. The molecule has 1 N–H and O–H groups in total. The number of aromatic nitrogens is 4. The van der Waals surface area contributed by atoms with Crippen LogP contribution in [0.3, 0.4) is 0 Å². The van der Waals surface area contributed by atoms with Crippen molar-refractivity contribution in [2.75, 3.05) is 20.2 Å². The molecular formula is C28H26FN5O2. The molecule has 0 saturated carbocycles. The van der Waals surface area contributed by atoms with Gasteiger partial charge in [0.25, 0.3) is 5.91 Å². The van der Waals surface area contributed by atoms with E-state index in [0.717, 1.165) is 24.1 Å². The first-order valence-corrected chi connectivity index (χ1v) is 12.0. The summed E-state index contributed by atoms with van der Waals surface area (Å²) in [5.41, 5.74) is 3.09. The van der Waals surface area contributed by atoms with E-state index in [0.29, 0.717) is 36.1 Å². The maximum atomic E-state index is 14.6. The fraction of sp³-hybridized carbons (Fsp3) is 0.214. The zero-order chi connectivity index (χ0) is 24.6. The van der Waals surface area contributed by atoms with Crippen molar-refractivity contribution in [3.05, 3.63) is 96.3 Å². The van der Waals surface area contributed by atoms with Crippen molar-refractivity contribution in [1.29, 1.82) is 0 Å². The van der Waals surface area contributed by atoms with Crippen LogP contribution in [0.5, 0.6) is 5.75 Å². The van der Waals surface area contributed by atoms with Gasteiger partial charge in [0.15, 0.2) is 5.82 Å². The van der Waals surface area contributed by atoms with E-state index in [9.17, 15) is 9.18 Å². The van der Waals surface area contributed by atoms with Crippen LogP contribution in [0, 0.1) is 5.82 Å². The zero-order valence-electron chi connectivity index (χ0n) is 19.9. The predicted octanol–water partition coefficient (Wildman–Crippen LogP) is 5.31. The van der Waals surface area contributed by atoms with Gasteiger partial charge in [-0.2, -0.15) is 5.10 Å². The second kappa shape index (κ2) is 9.03. The third-order valence-electron chi connectivity index (χ3n) is 7.05. The van der Waals surface area contributed by atoms with Crippen molar-refractivity contribution in [2.24, 2.45) is 0 Å². The Balaban J connectivity index is 1.27. The number of hydrogen-bond donors (Lipinski definition) is 1. The molecular weight excluding hydrogens is 457 g/mol. The number of piperidine rings is 1. The van der Waals surface area contributed by atoms with Gasteiger partial charge in [-0.15, -0.1) is 0 Å². The summed E-state index contributed by atoms with van der Waals surface area (Å²) in [6.07, 6.45) is 9.01. The van der Waals surface area contributed by atoms with Crippen molar-refractivity contribution in [2.45, 2.75) is 18.8 Å². The van der Waals surface area contributed by atoms with Crippen LogP contribution in [0.2, 0.25) is 0 Å². The number of aromatic amines is 1. The van der Waals surface area contributed by atoms with Gasteiger partial charge in [-0.05, 0) is 66.8 Å². The quantitative estimate of drug-likeness (QED) is 0.368. The minimum Gasteiger partial charge on any atom is -0.497 e. The van der Waals surface area contributed by atoms with Crippen molar-refractivity contribution < 1.29 is 13.9 Å². The van der Waals surface area contributed by atoms with Crippen LogP contribution in [0.1, 0.15) is 34.7 Å². The molecule has 0 atom stereocenters. The molecule has 4 heterocycles. The van der Waals surface area contributed by atoms with Crippen LogP contribution in [0.4, 0.5) is 4.39 Å². The molecule has 0 spiro atoms. The van der Waals surface area contributed by atoms with E-state index >= 15 is 0 Å². The Morgan fingerprint density at radius 1 is 1.08 bits per heavy atom. The van der Waals surface area contributed by atoms with Crippen LogP contribution in [0.15, 0.2) is 79.4 Å². The van der Waals surface area contributed by atoms with E-state index in [4.69, 9.17) is 4.74 Å². The third kappa shape index (κ3) is 3.75. The Bertz CT molecular complexity index is 1530. The Hall–Kier alpha value is -4.33. The minimum absolute atomic E-state index is 0.0969. The van der Waals surface area contributed by atoms with Crippen LogP contribution >= 0.6 is 0 Å². The molecule has 0 unspecified atom stereocenters. The smallest absolute Gasteiger partial charge is 0.259 e. The van der Waals surface area contributed by atoms with Gasteiger partial charge < -0.3 is 19.2 Å². The molecule has 1 aliphatic heterocycles. The Labute approximate surface area is 207 Å². The number of fused-ring (bicyclic) bond motifs is 1. The molecule has 1 amide bonds. The molecule has 36 heavy (non-hydrogen) atoms. The molecule has 1 fully saturated rings. The fourth-order valence-electron chi connectivity index (χ4n) is 5.17. The van der Waals surface area contributed by atoms with Gasteiger partial charge in [-0.3, -0.25) is 4.79 Å². The zero-order valence-corrected chi connectivity index (χ0v) is 19.9. The van der Waals surface area contributed by atoms with E-state index in [2.05, 4.69) is 22.3 Å². The summed E-state index contributed by atoms with van der Waals surface area (Å²) in [4.78, 5) is 18.9. The molecule has 1 saturated heterocycles. The Morgan fingerprint density at radius 2 is 1.86 bits per heavy atom. The topological polar surface area (TPSA) is 68.1 Å². The number of hydrogen-bond acceptors (Lipinski definition) is 3. The first-order chi connectivity index (χ1) is 17.6. The molecule has 182 valence electrons.